The third kappa shape index (κ3) is 6.51. The summed E-state index contributed by atoms with van der Waals surface area (Å²) in [7, 11) is 1.51. The number of nitrogens with one attached hydrogen (secondary N) is 1. The van der Waals surface area contributed by atoms with E-state index >= 15 is 0 Å². The first-order valence-electron chi connectivity index (χ1n) is 10.7. The average Bonchev–Trinajstić information content (AvgIpc) is 2.69. The first-order valence-corrected chi connectivity index (χ1v) is 10.7. The van der Waals surface area contributed by atoms with Gasteiger partial charge in [0.05, 0.1) is 17.6 Å². The molecule has 0 saturated carbocycles. The Kier molecular flexibility index (Phi) is 8.14. The van der Waals surface area contributed by atoms with Crippen molar-refractivity contribution in [3.05, 3.63) is 41.1 Å². The maximum absolute atomic E-state index is 13.0. The van der Waals surface area contributed by atoms with E-state index in [0.29, 0.717) is 12.0 Å². The number of pyridine rings is 1. The molecule has 2 amide bonds. The van der Waals surface area contributed by atoms with Crippen LogP contribution in [0.5, 0.6) is 0 Å². The van der Waals surface area contributed by atoms with E-state index in [1.54, 1.807) is 0 Å². The van der Waals surface area contributed by atoms with Crippen LogP contribution in [0.2, 0.25) is 0 Å². The Balaban J connectivity index is 2.18. The molecule has 0 unspecified atom stereocenters. The maximum Gasteiger partial charge on any atom is 0.339 e. The van der Waals surface area contributed by atoms with Gasteiger partial charge in [-0.15, -0.1) is 0 Å². The van der Waals surface area contributed by atoms with Crippen molar-refractivity contribution in [2.24, 2.45) is 0 Å². The second kappa shape index (κ2) is 10.4. The summed E-state index contributed by atoms with van der Waals surface area (Å²) in [5.41, 5.74) is 2.56. The van der Waals surface area contributed by atoms with Crippen molar-refractivity contribution < 1.29 is 19.1 Å². The maximum atomic E-state index is 13.0. The highest BCUT2D eigenvalue weighted by Gasteiger charge is 2.23. The molecule has 1 N–H and O–H groups in total. The monoisotopic (exact) mass is 427 g/mol. The third-order valence-electron chi connectivity index (χ3n) is 4.77. The quantitative estimate of drug-likeness (QED) is 0.653. The van der Waals surface area contributed by atoms with Gasteiger partial charge in [-0.3, -0.25) is 14.6 Å². The van der Waals surface area contributed by atoms with Crippen LogP contribution in [0.4, 0.5) is 0 Å². The molecule has 0 atom stereocenters. The normalized spacial score (nSPS) is 11.3. The highest BCUT2D eigenvalue weighted by molar-refractivity contribution is 6.05. The van der Waals surface area contributed by atoms with E-state index in [4.69, 9.17) is 9.72 Å². The number of aromatic nitrogens is 1. The number of hydrogen-bond donors (Lipinski definition) is 1. The van der Waals surface area contributed by atoms with E-state index in [0.717, 1.165) is 35.0 Å². The molecule has 0 saturated heterocycles. The summed E-state index contributed by atoms with van der Waals surface area (Å²) in [6.45, 7) is 9.11. The van der Waals surface area contributed by atoms with E-state index in [1.807, 2.05) is 52.0 Å². The second-order valence-electron chi connectivity index (χ2n) is 8.66. The van der Waals surface area contributed by atoms with Crippen molar-refractivity contribution in [2.45, 2.75) is 59.4 Å². The number of para-hydroxylation sites is 1. The lowest BCUT2D eigenvalue weighted by molar-refractivity contribution is -0.137. The summed E-state index contributed by atoms with van der Waals surface area (Å²) in [4.78, 5) is 43.5. The zero-order valence-electron chi connectivity index (χ0n) is 19.4. The molecular weight excluding hydrogens is 394 g/mol. The van der Waals surface area contributed by atoms with E-state index < -0.39 is 18.5 Å². The minimum absolute atomic E-state index is 0.104. The van der Waals surface area contributed by atoms with Gasteiger partial charge in [-0.05, 0) is 45.2 Å². The number of carbonyl (C=O) groups is 3. The van der Waals surface area contributed by atoms with Gasteiger partial charge >= 0.3 is 5.97 Å². The molecule has 7 nitrogen and oxygen atoms in total. The largest absolute Gasteiger partial charge is 0.452 e. The molecular formula is C24H33N3O4. The summed E-state index contributed by atoms with van der Waals surface area (Å²) in [6, 6.07) is 7.45. The summed E-state index contributed by atoms with van der Waals surface area (Å²) in [5.74, 6) is -1.26. The SMILES string of the molecule is CCCc1nc2ccccc2c(C(=O)OCC(=O)N(C)CC(=O)NC(C)(C)C)c1CC. The van der Waals surface area contributed by atoms with E-state index in [9.17, 15) is 14.4 Å². The van der Waals surface area contributed by atoms with Crippen LogP contribution in [-0.4, -0.2) is 53.4 Å². The van der Waals surface area contributed by atoms with Crippen LogP contribution in [0.15, 0.2) is 24.3 Å². The fourth-order valence-electron chi connectivity index (χ4n) is 3.43. The Bertz CT molecular complexity index is 963. The lowest BCUT2D eigenvalue weighted by atomic mass is 9.96. The Hall–Kier alpha value is -2.96. The van der Waals surface area contributed by atoms with Crippen LogP contribution in [0.1, 0.15) is 62.7 Å². The first kappa shape index (κ1) is 24.3. The predicted octanol–water partition coefficient (Wildman–Crippen LogP) is 3.28. The Morgan fingerprint density at radius 2 is 1.81 bits per heavy atom. The Morgan fingerprint density at radius 1 is 1.13 bits per heavy atom. The number of carbonyl (C=O) groups excluding carboxylic acids is 3. The molecule has 0 radical (unpaired) electrons. The van der Waals surface area contributed by atoms with Crippen LogP contribution < -0.4 is 5.32 Å². The van der Waals surface area contributed by atoms with Gasteiger partial charge < -0.3 is 15.0 Å². The van der Waals surface area contributed by atoms with Gasteiger partial charge in [-0.1, -0.05) is 38.5 Å². The minimum Gasteiger partial charge on any atom is -0.452 e. The number of benzene rings is 1. The molecule has 1 heterocycles. The molecule has 2 aromatic rings. The molecule has 0 aliphatic rings. The van der Waals surface area contributed by atoms with Crippen LogP contribution >= 0.6 is 0 Å². The van der Waals surface area contributed by atoms with Gasteiger partial charge in [0.1, 0.15) is 0 Å². The van der Waals surface area contributed by atoms with Gasteiger partial charge in [-0.25, -0.2) is 4.79 Å². The number of amides is 2. The number of esters is 1. The molecule has 0 aliphatic heterocycles. The number of hydrogen-bond acceptors (Lipinski definition) is 5. The number of rotatable bonds is 8. The van der Waals surface area contributed by atoms with E-state index in [2.05, 4.69) is 12.2 Å². The lowest BCUT2D eigenvalue weighted by Gasteiger charge is -2.23. The van der Waals surface area contributed by atoms with Crippen molar-refractivity contribution >= 4 is 28.7 Å². The number of fused-ring (bicyclic) bond motifs is 1. The van der Waals surface area contributed by atoms with Crippen molar-refractivity contribution in [3.63, 3.8) is 0 Å². The molecule has 0 fully saturated rings. The molecule has 0 bridgehead atoms. The standard InChI is InChI=1S/C24H33N3O4/c1-7-11-18-16(8-2)22(17-12-9-10-13-19(17)25-18)23(30)31-15-21(29)27(6)14-20(28)26-24(3,4)5/h9-10,12-13H,7-8,11,14-15H2,1-6H3,(H,26,28). The van der Waals surface area contributed by atoms with Gasteiger partial charge in [0.15, 0.2) is 6.61 Å². The number of ether oxygens (including phenoxy) is 1. The second-order valence-corrected chi connectivity index (χ2v) is 8.66. The summed E-state index contributed by atoms with van der Waals surface area (Å²) in [6.07, 6.45) is 2.31. The molecule has 7 heteroatoms. The van der Waals surface area contributed by atoms with Crippen molar-refractivity contribution in [1.29, 1.82) is 0 Å². The Morgan fingerprint density at radius 3 is 2.42 bits per heavy atom. The Labute approximate surface area is 184 Å². The molecule has 31 heavy (non-hydrogen) atoms. The van der Waals surface area contributed by atoms with Crippen molar-refractivity contribution in [1.82, 2.24) is 15.2 Å². The van der Waals surface area contributed by atoms with Gasteiger partial charge in [0, 0.05) is 23.7 Å². The summed E-state index contributed by atoms with van der Waals surface area (Å²) >= 11 is 0. The van der Waals surface area contributed by atoms with Gasteiger partial charge in [0.2, 0.25) is 5.91 Å². The number of aryl methyl sites for hydroxylation is 1. The van der Waals surface area contributed by atoms with Crippen LogP contribution in [0.25, 0.3) is 10.9 Å². The molecule has 0 aliphatic carbocycles. The topological polar surface area (TPSA) is 88.6 Å². The number of nitrogens with zero attached hydrogens (tertiary/aromatic N) is 2. The van der Waals surface area contributed by atoms with E-state index in [1.165, 1.54) is 11.9 Å². The zero-order chi connectivity index (χ0) is 23.2. The third-order valence-corrected chi connectivity index (χ3v) is 4.77. The van der Waals surface area contributed by atoms with Crippen LogP contribution in [0.3, 0.4) is 0 Å². The summed E-state index contributed by atoms with van der Waals surface area (Å²) in [5, 5.41) is 3.52. The first-order chi connectivity index (χ1) is 14.6. The average molecular weight is 428 g/mol. The number of likely N-dealkylation sites (N-methyl/N-ethyl adjacent to an activating group) is 1. The van der Waals surface area contributed by atoms with Gasteiger partial charge in [0.25, 0.3) is 5.91 Å². The van der Waals surface area contributed by atoms with Crippen molar-refractivity contribution in [2.75, 3.05) is 20.2 Å². The molecule has 1 aromatic heterocycles. The van der Waals surface area contributed by atoms with Crippen LogP contribution in [0, 0.1) is 0 Å². The zero-order valence-corrected chi connectivity index (χ0v) is 19.4. The lowest BCUT2D eigenvalue weighted by Crippen LogP contribution is -2.46. The van der Waals surface area contributed by atoms with Crippen molar-refractivity contribution in [3.8, 4) is 0 Å². The molecule has 0 spiro atoms. The molecule has 168 valence electrons. The fraction of sp³-hybridized carbons (Fsp3) is 0.500. The molecule has 1 aromatic carbocycles. The summed E-state index contributed by atoms with van der Waals surface area (Å²) < 4.78 is 5.39. The highest BCUT2D eigenvalue weighted by Crippen LogP contribution is 2.26. The van der Waals surface area contributed by atoms with Gasteiger partial charge in [-0.2, -0.15) is 0 Å². The predicted molar refractivity (Wildman–Crippen MR) is 121 cm³/mol. The van der Waals surface area contributed by atoms with E-state index in [-0.39, 0.29) is 18.0 Å². The molecule has 2 rings (SSSR count). The highest BCUT2D eigenvalue weighted by atomic mass is 16.5. The van der Waals surface area contributed by atoms with Crippen LogP contribution in [-0.2, 0) is 27.2 Å². The fourth-order valence-corrected chi connectivity index (χ4v) is 3.43. The minimum atomic E-state index is -0.548. The smallest absolute Gasteiger partial charge is 0.339 e.